The lowest BCUT2D eigenvalue weighted by Crippen LogP contribution is -2.32. The minimum absolute atomic E-state index is 0.0706. The topological polar surface area (TPSA) is 73.2 Å². The average molecular weight is 376 g/mol. The van der Waals surface area contributed by atoms with Crippen LogP contribution < -0.4 is 10.2 Å². The minimum atomic E-state index is -0.310. The van der Waals surface area contributed by atoms with Crippen LogP contribution >= 0.6 is 23.2 Å². The number of nitrogens with one attached hydrogen (secondary N) is 1. The van der Waals surface area contributed by atoms with Gasteiger partial charge in [-0.05, 0) is 36.4 Å². The van der Waals surface area contributed by atoms with E-state index in [1.165, 1.54) is 11.8 Å². The molecule has 0 spiro atoms. The number of benzene rings is 2. The fourth-order valence-corrected chi connectivity index (χ4v) is 2.71. The van der Waals surface area contributed by atoms with E-state index in [2.05, 4.69) is 5.32 Å². The maximum absolute atomic E-state index is 12.2. The van der Waals surface area contributed by atoms with E-state index in [1.54, 1.807) is 42.5 Å². The third kappa shape index (κ3) is 4.96. The number of para-hydroxylation sites is 1. The molecule has 0 atom stereocenters. The van der Waals surface area contributed by atoms with E-state index in [0.717, 1.165) is 0 Å². The summed E-state index contributed by atoms with van der Waals surface area (Å²) in [4.78, 5) is 25.5. The molecule has 0 fully saturated rings. The van der Waals surface area contributed by atoms with Crippen molar-refractivity contribution < 1.29 is 9.59 Å². The lowest BCUT2D eigenvalue weighted by Gasteiger charge is -2.21. The van der Waals surface area contributed by atoms with Crippen LogP contribution in [-0.4, -0.2) is 18.4 Å². The van der Waals surface area contributed by atoms with E-state index < -0.39 is 0 Å². The van der Waals surface area contributed by atoms with Gasteiger partial charge >= 0.3 is 0 Å². The highest BCUT2D eigenvalue weighted by Crippen LogP contribution is 2.29. The Balaban J connectivity index is 2.04. The predicted molar refractivity (Wildman–Crippen MR) is 98.9 cm³/mol. The number of carbonyl (C=O) groups excluding carboxylic acids is 2. The highest BCUT2D eigenvalue weighted by atomic mass is 35.5. The third-order valence-electron chi connectivity index (χ3n) is 3.48. The van der Waals surface area contributed by atoms with E-state index in [1.807, 2.05) is 6.07 Å². The first-order chi connectivity index (χ1) is 11.9. The van der Waals surface area contributed by atoms with E-state index in [-0.39, 0.29) is 24.8 Å². The van der Waals surface area contributed by atoms with Crippen molar-refractivity contribution in [3.8, 4) is 6.07 Å². The first kappa shape index (κ1) is 18.8. The van der Waals surface area contributed by atoms with Crippen LogP contribution in [0.25, 0.3) is 0 Å². The second kappa shape index (κ2) is 8.52. The molecule has 2 aromatic rings. The number of hydrogen-bond donors (Lipinski definition) is 1. The molecule has 7 heteroatoms. The number of nitriles is 1. The summed E-state index contributed by atoms with van der Waals surface area (Å²) >= 11 is 12.0. The average Bonchev–Trinajstić information content (AvgIpc) is 2.59. The van der Waals surface area contributed by atoms with Gasteiger partial charge in [0.25, 0.3) is 0 Å². The van der Waals surface area contributed by atoms with Crippen LogP contribution in [0.1, 0.15) is 18.9 Å². The molecule has 0 bridgehead atoms. The molecule has 0 radical (unpaired) electrons. The highest BCUT2D eigenvalue weighted by Gasteiger charge is 2.15. The number of nitrogens with zero attached hydrogens (tertiary/aromatic N) is 2. The summed E-state index contributed by atoms with van der Waals surface area (Å²) in [5.74, 6) is -0.511. The molecule has 0 heterocycles. The summed E-state index contributed by atoms with van der Waals surface area (Å²) in [7, 11) is 0. The van der Waals surface area contributed by atoms with Crippen molar-refractivity contribution in [3.05, 3.63) is 58.1 Å². The van der Waals surface area contributed by atoms with E-state index >= 15 is 0 Å². The molecule has 0 unspecified atom stereocenters. The SMILES string of the molecule is CC(=O)N(CCC(=O)Nc1c(Cl)cccc1Cl)c1ccc(C#N)cc1. The second-order valence-electron chi connectivity index (χ2n) is 5.22. The smallest absolute Gasteiger partial charge is 0.226 e. The summed E-state index contributed by atoms with van der Waals surface area (Å²) in [6, 6.07) is 13.5. The number of amides is 2. The van der Waals surface area contributed by atoms with Gasteiger partial charge in [-0.2, -0.15) is 5.26 Å². The van der Waals surface area contributed by atoms with Gasteiger partial charge in [0.05, 0.1) is 27.4 Å². The van der Waals surface area contributed by atoms with Crippen molar-refractivity contribution in [2.24, 2.45) is 0 Å². The Kier molecular flexibility index (Phi) is 6.40. The minimum Gasteiger partial charge on any atom is -0.323 e. The van der Waals surface area contributed by atoms with Crippen molar-refractivity contribution in [1.82, 2.24) is 0 Å². The highest BCUT2D eigenvalue weighted by molar-refractivity contribution is 6.39. The van der Waals surface area contributed by atoms with Gasteiger partial charge < -0.3 is 10.2 Å². The van der Waals surface area contributed by atoms with Crippen LogP contribution in [0.3, 0.4) is 0 Å². The van der Waals surface area contributed by atoms with E-state index in [4.69, 9.17) is 28.5 Å². The zero-order chi connectivity index (χ0) is 18.4. The second-order valence-corrected chi connectivity index (χ2v) is 6.04. The van der Waals surface area contributed by atoms with Gasteiger partial charge in [-0.25, -0.2) is 0 Å². The largest absolute Gasteiger partial charge is 0.323 e. The summed E-state index contributed by atoms with van der Waals surface area (Å²) < 4.78 is 0. The Hall–Kier alpha value is -2.55. The molecule has 2 amide bonds. The molecule has 5 nitrogen and oxygen atoms in total. The lowest BCUT2D eigenvalue weighted by molar-refractivity contribution is -0.117. The zero-order valence-electron chi connectivity index (χ0n) is 13.4. The van der Waals surface area contributed by atoms with Gasteiger partial charge in [-0.15, -0.1) is 0 Å². The fourth-order valence-electron chi connectivity index (χ4n) is 2.22. The van der Waals surface area contributed by atoms with Gasteiger partial charge in [-0.1, -0.05) is 29.3 Å². The number of hydrogen-bond acceptors (Lipinski definition) is 3. The maximum atomic E-state index is 12.2. The molecule has 128 valence electrons. The van der Waals surface area contributed by atoms with Gasteiger partial charge in [0.15, 0.2) is 0 Å². The van der Waals surface area contributed by atoms with Crippen molar-refractivity contribution in [3.63, 3.8) is 0 Å². The lowest BCUT2D eigenvalue weighted by atomic mass is 10.2. The zero-order valence-corrected chi connectivity index (χ0v) is 14.9. The van der Waals surface area contributed by atoms with Gasteiger partial charge in [-0.3, -0.25) is 9.59 Å². The van der Waals surface area contributed by atoms with Crippen LogP contribution in [0.4, 0.5) is 11.4 Å². The Labute approximate surface area is 155 Å². The predicted octanol–water partition coefficient (Wildman–Crippen LogP) is 4.25. The molecule has 2 aromatic carbocycles. The summed E-state index contributed by atoms with van der Waals surface area (Å²) in [6.45, 7) is 1.61. The van der Waals surface area contributed by atoms with E-state index in [9.17, 15) is 9.59 Å². The van der Waals surface area contributed by atoms with Crippen LogP contribution in [0.5, 0.6) is 0 Å². The number of anilines is 2. The maximum Gasteiger partial charge on any atom is 0.226 e. The summed E-state index contributed by atoms with van der Waals surface area (Å²) in [5, 5.41) is 12.2. The number of rotatable bonds is 5. The molecule has 0 aliphatic carbocycles. The van der Waals surface area contributed by atoms with E-state index in [0.29, 0.717) is 27.0 Å². The van der Waals surface area contributed by atoms with Crippen molar-refractivity contribution in [2.75, 3.05) is 16.8 Å². The van der Waals surface area contributed by atoms with Crippen LogP contribution in [0, 0.1) is 11.3 Å². The van der Waals surface area contributed by atoms with Crippen molar-refractivity contribution >= 4 is 46.4 Å². The van der Waals surface area contributed by atoms with Crippen LogP contribution in [0.2, 0.25) is 10.0 Å². The van der Waals surface area contributed by atoms with Gasteiger partial charge in [0.1, 0.15) is 0 Å². The molecule has 1 N–H and O–H groups in total. The van der Waals surface area contributed by atoms with Crippen LogP contribution in [-0.2, 0) is 9.59 Å². The molecular weight excluding hydrogens is 361 g/mol. The quantitative estimate of drug-likeness (QED) is 0.848. The number of halogens is 2. The summed E-state index contributed by atoms with van der Waals surface area (Å²) in [5.41, 5.74) is 1.47. The molecule has 0 aliphatic heterocycles. The first-order valence-electron chi connectivity index (χ1n) is 7.44. The molecule has 0 saturated carbocycles. The molecule has 0 saturated heterocycles. The fraction of sp³-hybridized carbons (Fsp3) is 0.167. The van der Waals surface area contributed by atoms with Gasteiger partial charge in [0, 0.05) is 25.6 Å². The Morgan fingerprint density at radius 3 is 2.24 bits per heavy atom. The molecule has 0 aliphatic rings. The summed E-state index contributed by atoms with van der Waals surface area (Å²) in [6.07, 6.45) is 0.0706. The Morgan fingerprint density at radius 1 is 1.12 bits per heavy atom. The molecule has 25 heavy (non-hydrogen) atoms. The first-order valence-corrected chi connectivity index (χ1v) is 8.20. The van der Waals surface area contributed by atoms with Crippen molar-refractivity contribution in [1.29, 1.82) is 5.26 Å². The Bertz CT molecular complexity index is 809. The monoisotopic (exact) mass is 375 g/mol. The normalized spacial score (nSPS) is 10.0. The van der Waals surface area contributed by atoms with Crippen molar-refractivity contribution in [2.45, 2.75) is 13.3 Å². The molecule has 0 aromatic heterocycles. The third-order valence-corrected chi connectivity index (χ3v) is 4.11. The van der Waals surface area contributed by atoms with Crippen LogP contribution in [0.15, 0.2) is 42.5 Å². The molecular formula is C18H15Cl2N3O2. The number of carbonyl (C=O) groups is 2. The Morgan fingerprint density at radius 2 is 1.72 bits per heavy atom. The van der Waals surface area contributed by atoms with Gasteiger partial charge in [0.2, 0.25) is 11.8 Å². The molecule has 2 rings (SSSR count). The standard InChI is InChI=1S/C18H15Cl2N3O2/c1-12(24)23(14-7-5-13(11-21)6-8-14)10-9-17(25)22-18-15(19)3-2-4-16(18)20/h2-8H,9-10H2,1H3,(H,22,25).